The number of aryl methyl sites for hydroxylation is 1. The molecule has 0 aliphatic heterocycles. The van der Waals surface area contributed by atoms with E-state index < -0.39 is 0 Å². The predicted molar refractivity (Wildman–Crippen MR) is 109 cm³/mol. The Hall–Kier alpha value is -3.00. The molecular formula is C20H23N3O4S. The molecule has 2 aromatic heterocycles. The fourth-order valence-corrected chi connectivity index (χ4v) is 3.81. The number of aromatic nitrogens is 2. The Kier molecular flexibility index (Phi) is 6.20. The summed E-state index contributed by atoms with van der Waals surface area (Å²) in [4.78, 5) is 18.2. The molecule has 1 N–H and O–H groups in total. The molecule has 0 saturated carbocycles. The summed E-state index contributed by atoms with van der Waals surface area (Å²) >= 11 is 1.36. The van der Waals surface area contributed by atoms with Crippen molar-refractivity contribution in [2.75, 3.05) is 26.6 Å². The van der Waals surface area contributed by atoms with Gasteiger partial charge in [-0.2, -0.15) is 0 Å². The topological polar surface area (TPSA) is 74.6 Å². The van der Waals surface area contributed by atoms with Gasteiger partial charge in [-0.3, -0.25) is 4.79 Å². The van der Waals surface area contributed by atoms with E-state index >= 15 is 0 Å². The van der Waals surface area contributed by atoms with E-state index in [2.05, 4.69) is 17.2 Å². The molecule has 0 spiro atoms. The minimum Gasteiger partial charge on any atom is -0.493 e. The molecule has 0 bridgehead atoms. The van der Waals surface area contributed by atoms with Crippen molar-refractivity contribution in [3.63, 3.8) is 0 Å². The number of carbonyl (C=O) groups excluding carboxylic acids is 1. The van der Waals surface area contributed by atoms with E-state index in [1.165, 1.54) is 32.7 Å². The average molecular weight is 401 g/mol. The first-order valence-corrected chi connectivity index (χ1v) is 9.67. The highest BCUT2D eigenvalue weighted by Crippen LogP contribution is 2.40. The molecule has 3 aromatic rings. The molecule has 1 amide bonds. The molecule has 8 heteroatoms. The monoisotopic (exact) mass is 401 g/mol. The first-order chi connectivity index (χ1) is 13.6. The van der Waals surface area contributed by atoms with Crippen molar-refractivity contribution in [2.24, 2.45) is 0 Å². The van der Waals surface area contributed by atoms with Crippen LogP contribution in [0, 0.1) is 0 Å². The quantitative estimate of drug-likeness (QED) is 0.613. The number of hydrogen-bond acceptors (Lipinski definition) is 6. The lowest BCUT2D eigenvalue weighted by molar-refractivity contribution is 0.102. The van der Waals surface area contributed by atoms with Crippen molar-refractivity contribution < 1.29 is 19.0 Å². The summed E-state index contributed by atoms with van der Waals surface area (Å²) in [6, 6.07) is 7.26. The third-order valence-electron chi connectivity index (χ3n) is 4.13. The van der Waals surface area contributed by atoms with Crippen LogP contribution in [0.4, 0.5) is 5.69 Å². The first kappa shape index (κ1) is 19.8. The largest absolute Gasteiger partial charge is 0.493 e. The average Bonchev–Trinajstić information content (AvgIpc) is 3.37. The molecule has 3 rings (SSSR count). The highest BCUT2D eigenvalue weighted by atomic mass is 32.1. The van der Waals surface area contributed by atoms with Crippen molar-refractivity contribution in [3.8, 4) is 22.4 Å². The molecule has 0 atom stereocenters. The van der Waals surface area contributed by atoms with E-state index in [-0.39, 0.29) is 5.91 Å². The van der Waals surface area contributed by atoms with Crippen molar-refractivity contribution in [1.82, 2.24) is 9.55 Å². The highest BCUT2D eigenvalue weighted by molar-refractivity contribution is 7.16. The van der Waals surface area contributed by atoms with E-state index in [4.69, 9.17) is 14.2 Å². The van der Waals surface area contributed by atoms with Gasteiger partial charge in [0.25, 0.3) is 5.91 Å². The number of methoxy groups -OCH3 is 3. The van der Waals surface area contributed by atoms with Gasteiger partial charge in [0.2, 0.25) is 5.75 Å². The highest BCUT2D eigenvalue weighted by Gasteiger charge is 2.20. The predicted octanol–water partition coefficient (Wildman–Crippen LogP) is 4.16. The molecule has 0 aliphatic rings. The second-order valence-corrected chi connectivity index (χ2v) is 6.96. The van der Waals surface area contributed by atoms with Crippen LogP contribution in [0.2, 0.25) is 0 Å². The number of hydrogen-bond donors (Lipinski definition) is 1. The summed E-state index contributed by atoms with van der Waals surface area (Å²) in [7, 11) is 4.61. The van der Waals surface area contributed by atoms with Crippen LogP contribution in [-0.4, -0.2) is 36.8 Å². The maximum Gasteiger partial charge on any atom is 0.267 e. The summed E-state index contributed by atoms with van der Waals surface area (Å²) in [5.74, 6) is 1.21. The van der Waals surface area contributed by atoms with Gasteiger partial charge in [-0.15, -0.1) is 0 Å². The number of nitrogens with zero attached hydrogens (tertiary/aromatic N) is 2. The zero-order valence-electron chi connectivity index (χ0n) is 16.3. The Labute approximate surface area is 167 Å². The first-order valence-electron chi connectivity index (χ1n) is 8.85. The van der Waals surface area contributed by atoms with Crippen LogP contribution >= 0.6 is 11.3 Å². The number of carbonyl (C=O) groups is 1. The minimum atomic E-state index is -0.214. The Bertz CT molecular complexity index is 926. The molecule has 2 heterocycles. The molecule has 0 fully saturated rings. The zero-order valence-corrected chi connectivity index (χ0v) is 17.1. The second-order valence-electron chi connectivity index (χ2n) is 5.98. The zero-order chi connectivity index (χ0) is 20.1. The standard InChI is InChI=1S/C20H23N3O4S/c1-5-8-14-18(28-20(22-14)23-9-6-7-10-23)19(24)21-13-11-15(25-2)17(27-4)16(12-13)26-3/h6-7,9-12H,5,8H2,1-4H3,(H,21,24). The number of rotatable bonds is 8. The van der Waals surface area contributed by atoms with E-state index in [0.717, 1.165) is 23.7 Å². The van der Waals surface area contributed by atoms with Gasteiger partial charge in [0, 0.05) is 30.2 Å². The number of amides is 1. The molecule has 0 radical (unpaired) electrons. The van der Waals surface area contributed by atoms with Crippen LogP contribution in [0.3, 0.4) is 0 Å². The number of ether oxygens (including phenoxy) is 3. The van der Waals surface area contributed by atoms with Crippen molar-refractivity contribution in [2.45, 2.75) is 19.8 Å². The summed E-state index contributed by atoms with van der Waals surface area (Å²) < 4.78 is 17.9. The lowest BCUT2D eigenvalue weighted by Gasteiger charge is -2.14. The smallest absolute Gasteiger partial charge is 0.267 e. The van der Waals surface area contributed by atoms with Crippen LogP contribution in [0.25, 0.3) is 5.13 Å². The summed E-state index contributed by atoms with van der Waals surface area (Å²) in [5.41, 5.74) is 1.35. The summed E-state index contributed by atoms with van der Waals surface area (Å²) in [6.07, 6.45) is 5.46. The second kappa shape index (κ2) is 8.79. The lowest BCUT2D eigenvalue weighted by Crippen LogP contribution is -2.13. The van der Waals surface area contributed by atoms with Crippen molar-refractivity contribution >= 4 is 22.9 Å². The molecule has 0 aliphatic carbocycles. The van der Waals surface area contributed by atoms with E-state index in [1.807, 2.05) is 29.1 Å². The summed E-state index contributed by atoms with van der Waals surface area (Å²) in [6.45, 7) is 2.07. The molecule has 7 nitrogen and oxygen atoms in total. The molecule has 0 saturated heterocycles. The maximum atomic E-state index is 13.0. The van der Waals surface area contributed by atoms with Crippen LogP contribution < -0.4 is 19.5 Å². The van der Waals surface area contributed by atoms with Crippen LogP contribution in [-0.2, 0) is 6.42 Å². The van der Waals surface area contributed by atoms with Gasteiger partial charge in [0.15, 0.2) is 16.6 Å². The van der Waals surface area contributed by atoms with E-state index in [9.17, 15) is 4.79 Å². The lowest BCUT2D eigenvalue weighted by atomic mass is 10.2. The molecule has 0 unspecified atom stereocenters. The van der Waals surface area contributed by atoms with Gasteiger partial charge >= 0.3 is 0 Å². The third-order valence-corrected chi connectivity index (χ3v) is 5.24. The SMILES string of the molecule is CCCc1nc(-n2cccc2)sc1C(=O)Nc1cc(OC)c(OC)c(OC)c1. The van der Waals surface area contributed by atoms with Gasteiger partial charge in [-0.05, 0) is 18.6 Å². The fraction of sp³-hybridized carbons (Fsp3) is 0.300. The normalized spacial score (nSPS) is 10.6. The Balaban J connectivity index is 1.92. The van der Waals surface area contributed by atoms with Gasteiger partial charge in [0.05, 0.1) is 27.0 Å². The Morgan fingerprint density at radius 2 is 1.75 bits per heavy atom. The molecule has 1 aromatic carbocycles. The van der Waals surface area contributed by atoms with Gasteiger partial charge < -0.3 is 24.1 Å². The van der Waals surface area contributed by atoms with Gasteiger partial charge in [-0.1, -0.05) is 24.7 Å². The number of benzene rings is 1. The Morgan fingerprint density at radius 3 is 2.29 bits per heavy atom. The number of anilines is 1. The molecule has 148 valence electrons. The Morgan fingerprint density at radius 1 is 1.11 bits per heavy atom. The van der Waals surface area contributed by atoms with E-state index in [1.54, 1.807) is 12.1 Å². The summed E-state index contributed by atoms with van der Waals surface area (Å²) in [5, 5.41) is 3.69. The van der Waals surface area contributed by atoms with Crippen molar-refractivity contribution in [3.05, 3.63) is 47.2 Å². The van der Waals surface area contributed by atoms with Crippen molar-refractivity contribution in [1.29, 1.82) is 0 Å². The third kappa shape index (κ3) is 3.96. The van der Waals surface area contributed by atoms with Gasteiger partial charge in [0.1, 0.15) is 4.88 Å². The van der Waals surface area contributed by atoms with Crippen LogP contribution in [0.1, 0.15) is 28.7 Å². The molecular weight excluding hydrogens is 378 g/mol. The van der Waals surface area contributed by atoms with E-state index in [0.29, 0.717) is 27.8 Å². The number of nitrogens with one attached hydrogen (secondary N) is 1. The maximum absolute atomic E-state index is 13.0. The molecule has 28 heavy (non-hydrogen) atoms. The van der Waals surface area contributed by atoms with Crippen LogP contribution in [0.15, 0.2) is 36.7 Å². The number of thiazole rings is 1. The minimum absolute atomic E-state index is 0.214. The van der Waals surface area contributed by atoms with Crippen LogP contribution in [0.5, 0.6) is 17.2 Å². The fourth-order valence-electron chi connectivity index (χ4n) is 2.84. The van der Waals surface area contributed by atoms with Gasteiger partial charge in [-0.25, -0.2) is 4.98 Å².